The van der Waals surface area contributed by atoms with Crippen LogP contribution in [0.4, 0.5) is 11.4 Å². The zero-order valence-corrected chi connectivity index (χ0v) is 12.1. The Kier molecular flexibility index (Phi) is 5.52. The third-order valence-electron chi connectivity index (χ3n) is 3.97. The molecule has 3 heteroatoms. The lowest BCUT2D eigenvalue weighted by molar-refractivity contribution is 0.602. The van der Waals surface area contributed by atoms with Gasteiger partial charge in [0.05, 0.1) is 11.4 Å². The third kappa shape index (κ3) is 3.87. The van der Waals surface area contributed by atoms with Gasteiger partial charge in [0.25, 0.3) is 0 Å². The van der Waals surface area contributed by atoms with Gasteiger partial charge in [0.1, 0.15) is 0 Å². The third-order valence-corrected chi connectivity index (χ3v) is 3.97. The number of hydrogen-bond acceptors (Lipinski definition) is 3. The normalized spacial score (nSPS) is 14.6. The van der Waals surface area contributed by atoms with Crippen LogP contribution in [0.15, 0.2) is 24.3 Å². The van der Waals surface area contributed by atoms with Crippen molar-refractivity contribution in [2.75, 3.05) is 43.0 Å². The molecule has 1 aliphatic heterocycles. The highest BCUT2D eigenvalue weighted by Gasteiger charge is 2.18. The number of unbranched alkanes of at least 4 members (excludes halogenated alkanes) is 4. The molecule has 3 nitrogen and oxygen atoms in total. The zero-order chi connectivity index (χ0) is 13.5. The van der Waals surface area contributed by atoms with E-state index >= 15 is 0 Å². The van der Waals surface area contributed by atoms with E-state index in [1.54, 1.807) is 0 Å². The van der Waals surface area contributed by atoms with Gasteiger partial charge in [-0.2, -0.15) is 0 Å². The van der Waals surface area contributed by atoms with Crippen LogP contribution in [-0.2, 0) is 0 Å². The number of para-hydroxylation sites is 2. The van der Waals surface area contributed by atoms with Gasteiger partial charge in [-0.3, -0.25) is 0 Å². The molecule has 0 saturated heterocycles. The molecular weight excluding hydrogens is 234 g/mol. The van der Waals surface area contributed by atoms with Gasteiger partial charge in [0, 0.05) is 26.7 Å². The number of nitrogens with zero attached hydrogens (tertiary/aromatic N) is 2. The molecule has 0 aliphatic carbocycles. The molecule has 0 atom stereocenters. The van der Waals surface area contributed by atoms with E-state index in [4.69, 9.17) is 5.73 Å². The molecule has 0 fully saturated rings. The molecule has 0 spiro atoms. The van der Waals surface area contributed by atoms with Crippen molar-refractivity contribution in [3.05, 3.63) is 24.3 Å². The molecule has 0 saturated carbocycles. The van der Waals surface area contributed by atoms with Gasteiger partial charge in [-0.1, -0.05) is 31.4 Å². The number of hydrogen-bond donors (Lipinski definition) is 1. The first-order chi connectivity index (χ1) is 9.33. The van der Waals surface area contributed by atoms with E-state index in [1.165, 1.54) is 50.0 Å². The smallest absolute Gasteiger partial charge is 0.0604 e. The topological polar surface area (TPSA) is 32.5 Å². The Morgan fingerprint density at radius 1 is 0.947 bits per heavy atom. The standard InChI is InChI=1S/C16H27N3/c1-18-13-14-19(12-8-4-2-3-7-11-17)16-10-6-5-9-15(16)18/h5-6,9-10H,2-4,7-8,11-14,17H2,1H3. The maximum Gasteiger partial charge on any atom is 0.0604 e. The van der Waals surface area contributed by atoms with Crippen molar-refractivity contribution >= 4 is 11.4 Å². The van der Waals surface area contributed by atoms with E-state index in [1.807, 2.05) is 0 Å². The predicted octanol–water partition coefficient (Wildman–Crippen LogP) is 2.85. The van der Waals surface area contributed by atoms with Crippen molar-refractivity contribution in [2.24, 2.45) is 5.73 Å². The molecule has 2 rings (SSSR count). The predicted molar refractivity (Wildman–Crippen MR) is 84.1 cm³/mol. The second-order valence-corrected chi connectivity index (χ2v) is 5.45. The lowest BCUT2D eigenvalue weighted by Gasteiger charge is -2.37. The number of nitrogens with two attached hydrogens (primary N) is 1. The summed E-state index contributed by atoms with van der Waals surface area (Å²) in [7, 11) is 2.18. The Bertz CT molecular complexity index is 378. The van der Waals surface area contributed by atoms with Gasteiger partial charge in [-0.15, -0.1) is 0 Å². The minimum atomic E-state index is 0.839. The van der Waals surface area contributed by atoms with Crippen LogP contribution < -0.4 is 15.5 Å². The maximum atomic E-state index is 5.51. The number of rotatable bonds is 7. The summed E-state index contributed by atoms with van der Waals surface area (Å²) in [5.41, 5.74) is 8.29. The fourth-order valence-electron chi connectivity index (χ4n) is 2.78. The maximum absolute atomic E-state index is 5.51. The molecule has 106 valence electrons. The van der Waals surface area contributed by atoms with E-state index in [0.717, 1.165) is 19.6 Å². The van der Waals surface area contributed by atoms with E-state index in [-0.39, 0.29) is 0 Å². The minimum absolute atomic E-state index is 0.839. The van der Waals surface area contributed by atoms with Crippen LogP contribution in [0.1, 0.15) is 32.1 Å². The second-order valence-electron chi connectivity index (χ2n) is 5.45. The van der Waals surface area contributed by atoms with E-state index in [2.05, 4.69) is 41.1 Å². The molecule has 0 aromatic heterocycles. The van der Waals surface area contributed by atoms with Crippen LogP contribution in [0.2, 0.25) is 0 Å². The average Bonchev–Trinajstić information content (AvgIpc) is 2.45. The fourth-order valence-corrected chi connectivity index (χ4v) is 2.78. The molecule has 1 aliphatic rings. The Morgan fingerprint density at radius 2 is 1.63 bits per heavy atom. The highest BCUT2D eigenvalue weighted by molar-refractivity contribution is 5.72. The summed E-state index contributed by atoms with van der Waals surface area (Å²) in [6.07, 6.45) is 6.41. The monoisotopic (exact) mass is 261 g/mol. The van der Waals surface area contributed by atoms with Gasteiger partial charge >= 0.3 is 0 Å². The number of anilines is 2. The summed E-state index contributed by atoms with van der Waals surface area (Å²) in [4.78, 5) is 4.89. The van der Waals surface area contributed by atoms with Gasteiger partial charge in [-0.05, 0) is 31.5 Å². The Labute approximate surface area is 117 Å². The molecule has 1 heterocycles. The molecular formula is C16H27N3. The number of benzene rings is 1. The summed E-state index contributed by atoms with van der Waals surface area (Å²) in [6, 6.07) is 8.75. The quantitative estimate of drug-likeness (QED) is 0.766. The van der Waals surface area contributed by atoms with Gasteiger partial charge in [0.15, 0.2) is 0 Å². The molecule has 0 radical (unpaired) electrons. The number of fused-ring (bicyclic) bond motifs is 1. The summed E-state index contributed by atoms with van der Waals surface area (Å²) >= 11 is 0. The zero-order valence-electron chi connectivity index (χ0n) is 12.1. The SMILES string of the molecule is CN1CCN(CCCCCCCN)c2ccccc21. The molecule has 1 aromatic rings. The lowest BCUT2D eigenvalue weighted by atomic mass is 10.1. The molecule has 2 N–H and O–H groups in total. The van der Waals surface area contributed by atoms with Crippen LogP contribution in [0.5, 0.6) is 0 Å². The van der Waals surface area contributed by atoms with Crippen molar-refractivity contribution in [1.82, 2.24) is 0 Å². The van der Waals surface area contributed by atoms with E-state index < -0.39 is 0 Å². The Balaban J connectivity index is 1.80. The van der Waals surface area contributed by atoms with Crippen molar-refractivity contribution in [3.63, 3.8) is 0 Å². The molecule has 1 aromatic carbocycles. The molecule has 0 unspecified atom stereocenters. The molecule has 0 amide bonds. The summed E-state index contributed by atoms with van der Waals surface area (Å²) < 4.78 is 0. The van der Waals surface area contributed by atoms with Crippen LogP contribution in [0.3, 0.4) is 0 Å². The van der Waals surface area contributed by atoms with Gasteiger partial charge in [-0.25, -0.2) is 0 Å². The molecule has 19 heavy (non-hydrogen) atoms. The Morgan fingerprint density at radius 3 is 2.42 bits per heavy atom. The van der Waals surface area contributed by atoms with Crippen LogP contribution >= 0.6 is 0 Å². The second kappa shape index (κ2) is 7.39. The first-order valence-corrected chi connectivity index (χ1v) is 7.58. The van der Waals surface area contributed by atoms with Crippen molar-refractivity contribution < 1.29 is 0 Å². The fraction of sp³-hybridized carbons (Fsp3) is 0.625. The van der Waals surface area contributed by atoms with Gasteiger partial charge in [0.2, 0.25) is 0 Å². The van der Waals surface area contributed by atoms with E-state index in [0.29, 0.717) is 0 Å². The van der Waals surface area contributed by atoms with Crippen molar-refractivity contribution in [1.29, 1.82) is 0 Å². The number of likely N-dealkylation sites (N-methyl/N-ethyl adjacent to an activating group) is 1. The average molecular weight is 261 g/mol. The minimum Gasteiger partial charge on any atom is -0.371 e. The summed E-state index contributed by atoms with van der Waals surface area (Å²) in [5, 5.41) is 0. The van der Waals surface area contributed by atoms with Crippen LogP contribution in [0.25, 0.3) is 0 Å². The van der Waals surface area contributed by atoms with Gasteiger partial charge < -0.3 is 15.5 Å². The van der Waals surface area contributed by atoms with Crippen LogP contribution in [-0.4, -0.2) is 33.2 Å². The molecule has 0 bridgehead atoms. The van der Waals surface area contributed by atoms with Crippen LogP contribution in [0, 0.1) is 0 Å². The van der Waals surface area contributed by atoms with E-state index in [9.17, 15) is 0 Å². The Hall–Kier alpha value is -1.22. The highest BCUT2D eigenvalue weighted by Crippen LogP contribution is 2.31. The largest absolute Gasteiger partial charge is 0.371 e. The highest BCUT2D eigenvalue weighted by atomic mass is 15.2. The van der Waals surface area contributed by atoms with Crippen molar-refractivity contribution in [2.45, 2.75) is 32.1 Å². The summed E-state index contributed by atoms with van der Waals surface area (Å²) in [5.74, 6) is 0. The first-order valence-electron chi connectivity index (χ1n) is 7.58. The first kappa shape index (κ1) is 14.2. The van der Waals surface area contributed by atoms with Crippen molar-refractivity contribution in [3.8, 4) is 0 Å². The lowest BCUT2D eigenvalue weighted by Crippen LogP contribution is -2.39. The summed E-state index contributed by atoms with van der Waals surface area (Å²) in [6.45, 7) is 4.31.